The normalized spacial score (nSPS) is 25.3. The first-order valence-electron chi connectivity index (χ1n) is 6.76. The number of hydrogen-bond donors (Lipinski definition) is 1. The van der Waals surface area contributed by atoms with Crippen LogP contribution in [0.25, 0.3) is 0 Å². The highest BCUT2D eigenvalue weighted by Crippen LogP contribution is 2.26. The van der Waals surface area contributed by atoms with Gasteiger partial charge >= 0.3 is 0 Å². The van der Waals surface area contributed by atoms with Crippen molar-refractivity contribution in [3.63, 3.8) is 0 Å². The first kappa shape index (κ1) is 14.0. The number of halogens is 1. The zero-order chi connectivity index (χ0) is 13.0. The van der Waals surface area contributed by atoms with Crippen LogP contribution >= 0.6 is 15.9 Å². The second-order valence-electron chi connectivity index (χ2n) is 5.17. The van der Waals surface area contributed by atoms with Crippen molar-refractivity contribution in [2.45, 2.75) is 38.8 Å². The SMILES string of the molecule is CCC1CCN(Cc2cncc(Br)c2)C(CN)C1. The van der Waals surface area contributed by atoms with Crippen LogP contribution in [0.4, 0.5) is 0 Å². The molecule has 3 nitrogen and oxygen atoms in total. The maximum atomic E-state index is 5.93. The van der Waals surface area contributed by atoms with Crippen LogP contribution in [0.2, 0.25) is 0 Å². The second kappa shape index (κ2) is 6.64. The van der Waals surface area contributed by atoms with E-state index in [9.17, 15) is 0 Å². The maximum absolute atomic E-state index is 5.93. The number of hydrogen-bond acceptors (Lipinski definition) is 3. The van der Waals surface area contributed by atoms with Crippen molar-refractivity contribution in [2.24, 2.45) is 11.7 Å². The number of rotatable bonds is 4. The van der Waals surface area contributed by atoms with Crippen LogP contribution in [0.1, 0.15) is 31.7 Å². The van der Waals surface area contributed by atoms with Crippen LogP contribution in [0.5, 0.6) is 0 Å². The molecule has 2 N–H and O–H groups in total. The molecule has 0 spiro atoms. The Labute approximate surface area is 118 Å². The van der Waals surface area contributed by atoms with E-state index in [1.165, 1.54) is 24.8 Å². The summed E-state index contributed by atoms with van der Waals surface area (Å²) in [6.45, 7) is 5.17. The third kappa shape index (κ3) is 3.53. The summed E-state index contributed by atoms with van der Waals surface area (Å²) in [4.78, 5) is 6.74. The number of aromatic nitrogens is 1. The topological polar surface area (TPSA) is 42.2 Å². The summed E-state index contributed by atoms with van der Waals surface area (Å²) in [7, 11) is 0. The lowest BCUT2D eigenvalue weighted by atomic mass is 9.88. The van der Waals surface area contributed by atoms with Crippen molar-refractivity contribution in [1.82, 2.24) is 9.88 Å². The quantitative estimate of drug-likeness (QED) is 0.929. The molecule has 0 bridgehead atoms. The van der Waals surface area contributed by atoms with E-state index < -0.39 is 0 Å². The molecule has 0 amide bonds. The van der Waals surface area contributed by atoms with E-state index in [4.69, 9.17) is 5.73 Å². The molecular weight excluding hydrogens is 290 g/mol. The first-order chi connectivity index (χ1) is 8.72. The number of piperidine rings is 1. The van der Waals surface area contributed by atoms with Crippen molar-refractivity contribution >= 4 is 15.9 Å². The second-order valence-corrected chi connectivity index (χ2v) is 6.09. The Hall–Kier alpha value is -0.450. The van der Waals surface area contributed by atoms with Gasteiger partial charge in [-0.25, -0.2) is 0 Å². The number of nitrogens with zero attached hydrogens (tertiary/aromatic N) is 2. The van der Waals surface area contributed by atoms with Gasteiger partial charge in [0, 0.05) is 36.0 Å². The van der Waals surface area contributed by atoms with Crippen molar-refractivity contribution in [1.29, 1.82) is 0 Å². The lowest BCUT2D eigenvalue weighted by Crippen LogP contribution is -2.46. The highest BCUT2D eigenvalue weighted by atomic mass is 79.9. The van der Waals surface area contributed by atoms with Gasteiger partial charge in [-0.05, 0) is 52.9 Å². The Morgan fingerprint density at radius 2 is 2.33 bits per heavy atom. The molecule has 0 aromatic carbocycles. The van der Waals surface area contributed by atoms with E-state index in [2.05, 4.69) is 38.8 Å². The smallest absolute Gasteiger partial charge is 0.0410 e. The van der Waals surface area contributed by atoms with Gasteiger partial charge in [-0.15, -0.1) is 0 Å². The lowest BCUT2D eigenvalue weighted by molar-refractivity contribution is 0.107. The molecule has 100 valence electrons. The summed E-state index contributed by atoms with van der Waals surface area (Å²) >= 11 is 3.47. The largest absolute Gasteiger partial charge is 0.329 e. The third-order valence-corrected chi connectivity index (χ3v) is 4.38. The van der Waals surface area contributed by atoms with Crippen molar-refractivity contribution in [2.75, 3.05) is 13.1 Å². The average Bonchev–Trinajstić information content (AvgIpc) is 2.39. The van der Waals surface area contributed by atoms with Crippen LogP contribution in [0.15, 0.2) is 22.9 Å². The fraction of sp³-hybridized carbons (Fsp3) is 0.643. The molecule has 2 unspecified atom stereocenters. The van der Waals surface area contributed by atoms with Crippen molar-refractivity contribution < 1.29 is 0 Å². The molecule has 2 rings (SSSR count). The molecule has 4 heteroatoms. The number of nitrogens with two attached hydrogens (primary N) is 1. The fourth-order valence-corrected chi connectivity index (χ4v) is 3.20. The van der Waals surface area contributed by atoms with Crippen molar-refractivity contribution in [3.8, 4) is 0 Å². The summed E-state index contributed by atoms with van der Waals surface area (Å²) < 4.78 is 1.05. The average molecular weight is 312 g/mol. The Morgan fingerprint density at radius 1 is 1.50 bits per heavy atom. The van der Waals surface area contributed by atoms with E-state index in [1.807, 2.05) is 12.4 Å². The molecule has 1 aliphatic rings. The Kier molecular flexibility index (Phi) is 5.15. The van der Waals surface area contributed by atoms with E-state index in [-0.39, 0.29) is 0 Å². The van der Waals surface area contributed by atoms with Gasteiger partial charge in [0.05, 0.1) is 0 Å². The molecule has 0 saturated carbocycles. The predicted molar refractivity (Wildman–Crippen MR) is 78.2 cm³/mol. The van der Waals surface area contributed by atoms with Gasteiger partial charge in [-0.3, -0.25) is 9.88 Å². The minimum Gasteiger partial charge on any atom is -0.329 e. The van der Waals surface area contributed by atoms with Crippen LogP contribution in [-0.2, 0) is 6.54 Å². The van der Waals surface area contributed by atoms with Gasteiger partial charge in [0.1, 0.15) is 0 Å². The van der Waals surface area contributed by atoms with Gasteiger partial charge in [0.2, 0.25) is 0 Å². The molecule has 1 saturated heterocycles. The minimum atomic E-state index is 0.530. The van der Waals surface area contributed by atoms with E-state index in [1.54, 1.807) is 0 Å². The summed E-state index contributed by atoms with van der Waals surface area (Å²) in [6.07, 6.45) is 7.60. The highest BCUT2D eigenvalue weighted by molar-refractivity contribution is 9.10. The first-order valence-corrected chi connectivity index (χ1v) is 7.55. The monoisotopic (exact) mass is 311 g/mol. The molecule has 18 heavy (non-hydrogen) atoms. The molecule has 0 aliphatic carbocycles. The molecule has 1 aromatic rings. The zero-order valence-electron chi connectivity index (χ0n) is 11.0. The van der Waals surface area contributed by atoms with Gasteiger partial charge in [-0.2, -0.15) is 0 Å². The van der Waals surface area contributed by atoms with Crippen LogP contribution in [0, 0.1) is 5.92 Å². The van der Waals surface area contributed by atoms with Gasteiger partial charge < -0.3 is 5.73 Å². The molecule has 2 heterocycles. The van der Waals surface area contributed by atoms with Gasteiger partial charge in [-0.1, -0.05) is 13.3 Å². The Morgan fingerprint density at radius 3 is 3.00 bits per heavy atom. The van der Waals surface area contributed by atoms with E-state index >= 15 is 0 Å². The van der Waals surface area contributed by atoms with Gasteiger partial charge in [0.25, 0.3) is 0 Å². The van der Waals surface area contributed by atoms with Crippen LogP contribution < -0.4 is 5.73 Å². The summed E-state index contributed by atoms with van der Waals surface area (Å²) in [5, 5.41) is 0. The fourth-order valence-electron chi connectivity index (χ4n) is 2.78. The third-order valence-electron chi connectivity index (χ3n) is 3.94. The summed E-state index contributed by atoms with van der Waals surface area (Å²) in [5.74, 6) is 0.857. The molecular formula is C14H22BrN3. The zero-order valence-corrected chi connectivity index (χ0v) is 12.6. The van der Waals surface area contributed by atoms with Crippen LogP contribution in [0.3, 0.4) is 0 Å². The number of pyridine rings is 1. The molecule has 1 fully saturated rings. The molecule has 2 atom stereocenters. The highest BCUT2D eigenvalue weighted by Gasteiger charge is 2.26. The molecule has 1 aromatic heterocycles. The minimum absolute atomic E-state index is 0.530. The number of likely N-dealkylation sites (tertiary alicyclic amines) is 1. The maximum Gasteiger partial charge on any atom is 0.0410 e. The molecule has 0 radical (unpaired) electrons. The lowest BCUT2D eigenvalue weighted by Gasteiger charge is -2.38. The standard InChI is InChI=1S/C14H22BrN3/c1-2-11-3-4-18(14(6-11)7-16)10-12-5-13(15)9-17-8-12/h5,8-9,11,14H,2-4,6-7,10,16H2,1H3. The molecule has 1 aliphatic heterocycles. The Bertz CT molecular complexity index is 383. The summed E-state index contributed by atoms with van der Waals surface area (Å²) in [5.41, 5.74) is 7.19. The summed E-state index contributed by atoms with van der Waals surface area (Å²) in [6, 6.07) is 2.68. The van der Waals surface area contributed by atoms with Gasteiger partial charge in [0.15, 0.2) is 0 Å². The van der Waals surface area contributed by atoms with Crippen molar-refractivity contribution in [3.05, 3.63) is 28.5 Å². The predicted octanol–water partition coefficient (Wildman–Crippen LogP) is 2.79. The van der Waals surface area contributed by atoms with E-state index in [0.29, 0.717) is 6.04 Å². The Balaban J connectivity index is 2.00. The van der Waals surface area contributed by atoms with Crippen LogP contribution in [-0.4, -0.2) is 29.0 Å². The van der Waals surface area contributed by atoms with E-state index in [0.717, 1.165) is 30.0 Å².